The molecule has 3 aromatic rings. The average molecular weight is 409 g/mol. The monoisotopic (exact) mass is 408 g/mol. The van der Waals surface area contributed by atoms with Gasteiger partial charge in [-0.2, -0.15) is 0 Å². The van der Waals surface area contributed by atoms with Gasteiger partial charge in [0.15, 0.2) is 0 Å². The molecule has 7 heteroatoms. The van der Waals surface area contributed by atoms with E-state index in [1.165, 1.54) is 24.2 Å². The zero-order chi connectivity index (χ0) is 20.2. The van der Waals surface area contributed by atoms with Crippen LogP contribution in [0.25, 0.3) is 10.6 Å². The van der Waals surface area contributed by atoms with Gasteiger partial charge in [-0.15, -0.1) is 11.3 Å². The van der Waals surface area contributed by atoms with E-state index in [-0.39, 0.29) is 11.9 Å². The molecule has 6 nitrogen and oxygen atoms in total. The summed E-state index contributed by atoms with van der Waals surface area (Å²) in [6.45, 7) is 4.09. The Bertz CT molecular complexity index is 963. The van der Waals surface area contributed by atoms with Crippen LogP contribution in [0.15, 0.2) is 48.0 Å². The van der Waals surface area contributed by atoms with Gasteiger partial charge in [-0.1, -0.05) is 12.1 Å². The van der Waals surface area contributed by atoms with Crippen molar-refractivity contribution in [3.63, 3.8) is 0 Å². The number of carbonyl (C=O) groups is 1. The van der Waals surface area contributed by atoms with Gasteiger partial charge < -0.3 is 15.0 Å². The Kier molecular flexibility index (Phi) is 5.76. The molecule has 4 rings (SSSR count). The van der Waals surface area contributed by atoms with Crippen molar-refractivity contribution in [2.45, 2.75) is 25.8 Å². The number of pyridine rings is 1. The van der Waals surface area contributed by atoms with Crippen molar-refractivity contribution in [3.8, 4) is 16.3 Å². The molecule has 1 aromatic carbocycles. The zero-order valence-corrected chi connectivity index (χ0v) is 17.4. The molecule has 1 amide bonds. The summed E-state index contributed by atoms with van der Waals surface area (Å²) in [4.78, 5) is 24.0. The fraction of sp³-hybridized carbons (Fsp3) is 0.318. The first-order valence-corrected chi connectivity index (χ1v) is 10.6. The summed E-state index contributed by atoms with van der Waals surface area (Å²) < 4.78 is 5.18. The van der Waals surface area contributed by atoms with Gasteiger partial charge in [0, 0.05) is 30.2 Å². The number of hydrogen-bond donors (Lipinski definition) is 1. The Labute approximate surface area is 174 Å². The SMILES string of the molecule is COc1ccc([C@@H](C)NC(=O)c2csc(-c3ccc(N4CCCC4)nc3)n2)cc1. The highest BCUT2D eigenvalue weighted by molar-refractivity contribution is 7.13. The normalized spacial score (nSPS) is 14.6. The molecule has 1 atom stereocenters. The van der Waals surface area contributed by atoms with Crippen molar-refractivity contribution in [3.05, 3.63) is 59.2 Å². The Hall–Kier alpha value is -2.93. The molecular weight excluding hydrogens is 384 g/mol. The van der Waals surface area contributed by atoms with E-state index in [1.54, 1.807) is 12.5 Å². The lowest BCUT2D eigenvalue weighted by Crippen LogP contribution is -2.26. The van der Waals surface area contributed by atoms with Gasteiger partial charge in [0.1, 0.15) is 22.3 Å². The van der Waals surface area contributed by atoms with E-state index in [9.17, 15) is 4.79 Å². The molecule has 1 saturated heterocycles. The van der Waals surface area contributed by atoms with E-state index < -0.39 is 0 Å². The van der Waals surface area contributed by atoms with Crippen molar-refractivity contribution in [2.24, 2.45) is 0 Å². The van der Waals surface area contributed by atoms with Crippen LogP contribution in [0.3, 0.4) is 0 Å². The second kappa shape index (κ2) is 8.61. The Morgan fingerprint density at radius 2 is 1.93 bits per heavy atom. The minimum Gasteiger partial charge on any atom is -0.497 e. The fourth-order valence-corrected chi connectivity index (χ4v) is 4.19. The summed E-state index contributed by atoms with van der Waals surface area (Å²) in [7, 11) is 1.63. The third kappa shape index (κ3) is 4.40. The predicted octanol–water partition coefficient (Wildman–Crippen LogP) is 4.30. The number of nitrogens with zero attached hydrogens (tertiary/aromatic N) is 3. The standard InChI is InChI=1S/C22H24N4O2S/c1-15(16-5-8-18(28-2)9-6-16)24-21(27)19-14-29-22(25-19)17-7-10-20(23-13-17)26-11-3-4-12-26/h5-10,13-15H,3-4,11-12H2,1-2H3,(H,24,27)/t15-/m1/s1. The predicted molar refractivity (Wildman–Crippen MR) is 116 cm³/mol. The lowest BCUT2D eigenvalue weighted by Gasteiger charge is -2.15. The number of hydrogen-bond acceptors (Lipinski definition) is 6. The summed E-state index contributed by atoms with van der Waals surface area (Å²) in [5, 5.41) is 5.59. The second-order valence-electron chi connectivity index (χ2n) is 7.11. The van der Waals surface area contributed by atoms with Crippen molar-refractivity contribution >= 4 is 23.1 Å². The summed E-state index contributed by atoms with van der Waals surface area (Å²) in [6.07, 6.45) is 4.29. The summed E-state index contributed by atoms with van der Waals surface area (Å²) in [5.74, 6) is 1.62. The van der Waals surface area contributed by atoms with Gasteiger partial charge in [0.25, 0.3) is 5.91 Å². The highest BCUT2D eigenvalue weighted by Gasteiger charge is 2.17. The molecule has 2 aromatic heterocycles. The minimum absolute atomic E-state index is 0.125. The summed E-state index contributed by atoms with van der Waals surface area (Å²) >= 11 is 1.45. The first kappa shape index (κ1) is 19.4. The van der Waals surface area contributed by atoms with Crippen molar-refractivity contribution in [1.82, 2.24) is 15.3 Å². The number of ether oxygens (including phenoxy) is 1. The Balaban J connectivity index is 1.41. The number of anilines is 1. The maximum absolute atomic E-state index is 12.6. The number of carbonyl (C=O) groups excluding carboxylic acids is 1. The van der Waals surface area contributed by atoms with E-state index in [0.717, 1.165) is 40.8 Å². The maximum Gasteiger partial charge on any atom is 0.271 e. The molecule has 0 unspecified atom stereocenters. The molecule has 1 fully saturated rings. The third-order valence-corrected chi connectivity index (χ3v) is 6.02. The molecule has 1 N–H and O–H groups in total. The van der Waals surface area contributed by atoms with Crippen LogP contribution in [0, 0.1) is 0 Å². The van der Waals surface area contributed by atoms with Gasteiger partial charge in [-0.05, 0) is 49.6 Å². The van der Waals surface area contributed by atoms with Crippen LogP contribution in [0.4, 0.5) is 5.82 Å². The number of methoxy groups -OCH3 is 1. The van der Waals surface area contributed by atoms with Crippen LogP contribution >= 0.6 is 11.3 Å². The van der Waals surface area contributed by atoms with Gasteiger partial charge >= 0.3 is 0 Å². The molecule has 3 heterocycles. The quantitative estimate of drug-likeness (QED) is 0.658. The largest absolute Gasteiger partial charge is 0.497 e. The Morgan fingerprint density at radius 3 is 2.59 bits per heavy atom. The van der Waals surface area contributed by atoms with Crippen LogP contribution in [0.2, 0.25) is 0 Å². The van der Waals surface area contributed by atoms with E-state index in [1.807, 2.05) is 49.5 Å². The molecular formula is C22H24N4O2S. The molecule has 0 bridgehead atoms. The first-order chi connectivity index (χ1) is 14.1. The number of thiazole rings is 1. The Morgan fingerprint density at radius 1 is 1.17 bits per heavy atom. The van der Waals surface area contributed by atoms with Gasteiger partial charge in [-0.25, -0.2) is 9.97 Å². The van der Waals surface area contributed by atoms with Gasteiger partial charge in [-0.3, -0.25) is 4.79 Å². The van der Waals surface area contributed by atoms with Crippen LogP contribution < -0.4 is 15.0 Å². The van der Waals surface area contributed by atoms with Gasteiger partial charge in [0.05, 0.1) is 13.2 Å². The third-order valence-electron chi connectivity index (χ3n) is 5.13. The highest BCUT2D eigenvalue weighted by atomic mass is 32.1. The molecule has 29 heavy (non-hydrogen) atoms. The van der Waals surface area contributed by atoms with Crippen LogP contribution in [-0.2, 0) is 0 Å². The van der Waals surface area contributed by atoms with E-state index in [4.69, 9.17) is 4.74 Å². The molecule has 1 aliphatic rings. The number of nitrogens with one attached hydrogen (secondary N) is 1. The lowest BCUT2D eigenvalue weighted by molar-refractivity contribution is 0.0935. The molecule has 0 spiro atoms. The van der Waals surface area contributed by atoms with Crippen molar-refractivity contribution < 1.29 is 9.53 Å². The average Bonchev–Trinajstić information content (AvgIpc) is 3.46. The van der Waals surface area contributed by atoms with Crippen molar-refractivity contribution in [1.29, 1.82) is 0 Å². The summed E-state index contributed by atoms with van der Waals surface area (Å²) in [5.41, 5.74) is 2.37. The minimum atomic E-state index is -0.183. The number of rotatable bonds is 6. The van der Waals surface area contributed by atoms with Crippen LogP contribution in [0.1, 0.15) is 41.9 Å². The number of benzene rings is 1. The van der Waals surface area contributed by atoms with Crippen LogP contribution in [-0.4, -0.2) is 36.1 Å². The van der Waals surface area contributed by atoms with Crippen molar-refractivity contribution in [2.75, 3.05) is 25.1 Å². The smallest absolute Gasteiger partial charge is 0.271 e. The second-order valence-corrected chi connectivity index (χ2v) is 7.96. The van der Waals surface area contributed by atoms with Gasteiger partial charge in [0.2, 0.25) is 0 Å². The van der Waals surface area contributed by atoms with Crippen LogP contribution in [0.5, 0.6) is 5.75 Å². The van der Waals surface area contributed by atoms with E-state index in [0.29, 0.717) is 5.69 Å². The molecule has 0 aliphatic carbocycles. The molecule has 150 valence electrons. The highest BCUT2D eigenvalue weighted by Crippen LogP contribution is 2.26. The number of aromatic nitrogens is 2. The fourth-order valence-electron chi connectivity index (χ4n) is 3.40. The van der Waals surface area contributed by atoms with E-state index >= 15 is 0 Å². The zero-order valence-electron chi connectivity index (χ0n) is 16.6. The maximum atomic E-state index is 12.6. The molecule has 0 radical (unpaired) electrons. The molecule has 0 saturated carbocycles. The summed E-state index contributed by atoms with van der Waals surface area (Å²) in [6, 6.07) is 11.6. The van der Waals surface area contributed by atoms with E-state index in [2.05, 4.69) is 20.2 Å². The lowest BCUT2D eigenvalue weighted by atomic mass is 10.1. The molecule has 1 aliphatic heterocycles. The first-order valence-electron chi connectivity index (χ1n) is 9.76. The topological polar surface area (TPSA) is 67.3 Å². The number of amides is 1.